The highest BCUT2D eigenvalue weighted by Gasteiger charge is 2.24. The number of halogens is 1. The Labute approximate surface area is 167 Å². The Morgan fingerprint density at radius 3 is 2.29 bits per heavy atom. The summed E-state index contributed by atoms with van der Waals surface area (Å²) >= 11 is 6.04. The first-order valence-electron chi connectivity index (χ1n) is 7.75. The van der Waals surface area contributed by atoms with Gasteiger partial charge >= 0.3 is 5.97 Å². The summed E-state index contributed by atoms with van der Waals surface area (Å²) in [6, 6.07) is 7.13. The third-order valence-electron chi connectivity index (χ3n) is 3.58. The molecule has 0 amide bonds. The van der Waals surface area contributed by atoms with Crippen LogP contribution in [0, 0.1) is 0 Å². The second-order valence-electron chi connectivity index (χ2n) is 5.38. The van der Waals surface area contributed by atoms with Crippen molar-refractivity contribution in [1.29, 1.82) is 0 Å². The lowest BCUT2D eigenvalue weighted by atomic mass is 10.2. The number of ether oxygens (including phenoxy) is 3. The monoisotopic (exact) mass is 427 g/mol. The molecule has 28 heavy (non-hydrogen) atoms. The summed E-state index contributed by atoms with van der Waals surface area (Å²) < 4.78 is 43.7. The van der Waals surface area contributed by atoms with Crippen molar-refractivity contribution in [2.75, 3.05) is 26.1 Å². The van der Waals surface area contributed by atoms with Crippen LogP contribution in [-0.2, 0) is 14.8 Å². The van der Waals surface area contributed by atoms with Gasteiger partial charge in [-0.05, 0) is 42.0 Å². The fraction of sp³-hybridized carbons (Fsp3) is 0.167. The summed E-state index contributed by atoms with van der Waals surface area (Å²) in [5, 5.41) is 9.03. The van der Waals surface area contributed by atoms with Crippen LogP contribution in [0.4, 0.5) is 5.69 Å². The summed E-state index contributed by atoms with van der Waals surface area (Å²) in [6.45, 7) is 0. The van der Waals surface area contributed by atoms with Crippen LogP contribution in [0.3, 0.4) is 0 Å². The minimum absolute atomic E-state index is 0.0258. The number of carbonyl (C=O) groups is 1. The van der Waals surface area contributed by atoms with Gasteiger partial charge in [-0.15, -0.1) is 0 Å². The largest absolute Gasteiger partial charge is 0.495 e. The van der Waals surface area contributed by atoms with E-state index in [9.17, 15) is 13.2 Å². The number of aliphatic carboxylic acids is 1. The highest BCUT2D eigenvalue weighted by Crippen LogP contribution is 2.37. The average Bonchev–Trinajstić information content (AvgIpc) is 2.65. The van der Waals surface area contributed by atoms with Crippen LogP contribution < -0.4 is 18.9 Å². The molecule has 8 nitrogen and oxygen atoms in total. The molecule has 0 radical (unpaired) electrons. The van der Waals surface area contributed by atoms with Gasteiger partial charge in [0.1, 0.15) is 10.6 Å². The first-order chi connectivity index (χ1) is 13.2. The molecule has 0 aliphatic carbocycles. The molecule has 2 aromatic rings. The van der Waals surface area contributed by atoms with Crippen LogP contribution in [-0.4, -0.2) is 40.8 Å². The van der Waals surface area contributed by atoms with E-state index in [4.69, 9.17) is 30.9 Å². The topological polar surface area (TPSA) is 111 Å². The second-order valence-corrected chi connectivity index (χ2v) is 7.44. The lowest BCUT2D eigenvalue weighted by Gasteiger charge is -2.16. The Balaban J connectivity index is 2.54. The van der Waals surface area contributed by atoms with E-state index in [1.807, 2.05) is 0 Å². The average molecular weight is 428 g/mol. The van der Waals surface area contributed by atoms with Crippen molar-refractivity contribution >= 4 is 39.4 Å². The highest BCUT2D eigenvalue weighted by atomic mass is 35.5. The Bertz CT molecular complexity index is 1020. The minimum atomic E-state index is -4.12. The molecule has 0 unspecified atom stereocenters. The molecule has 0 spiro atoms. The summed E-state index contributed by atoms with van der Waals surface area (Å²) in [4.78, 5) is 10.5. The Morgan fingerprint density at radius 2 is 1.75 bits per heavy atom. The third kappa shape index (κ3) is 4.87. The van der Waals surface area contributed by atoms with E-state index in [0.717, 1.165) is 6.08 Å². The van der Waals surface area contributed by atoms with Gasteiger partial charge in [-0.3, -0.25) is 4.72 Å². The number of hydrogen-bond donors (Lipinski definition) is 2. The standard InChI is InChI=1S/C18H18ClNO7S/c1-25-14-6-5-12(10-13(14)19)20-28(23,24)16-9-11(4-7-17(21)22)8-15(26-2)18(16)27-3/h4-10,20H,1-3H3,(H,21,22)/b7-4+. The number of rotatable bonds is 8. The van der Waals surface area contributed by atoms with Crippen LogP contribution in [0.1, 0.15) is 5.56 Å². The van der Waals surface area contributed by atoms with Crippen LogP contribution in [0.2, 0.25) is 5.02 Å². The number of benzene rings is 2. The molecule has 0 aromatic heterocycles. The van der Waals surface area contributed by atoms with E-state index < -0.39 is 16.0 Å². The minimum Gasteiger partial charge on any atom is -0.495 e. The highest BCUT2D eigenvalue weighted by molar-refractivity contribution is 7.92. The molecular formula is C18H18ClNO7S. The van der Waals surface area contributed by atoms with E-state index in [0.29, 0.717) is 11.3 Å². The predicted molar refractivity (Wildman–Crippen MR) is 105 cm³/mol. The lowest BCUT2D eigenvalue weighted by Crippen LogP contribution is -2.15. The van der Waals surface area contributed by atoms with E-state index in [2.05, 4.69) is 4.72 Å². The number of anilines is 1. The van der Waals surface area contributed by atoms with Gasteiger partial charge in [-0.25, -0.2) is 13.2 Å². The van der Waals surface area contributed by atoms with Crippen LogP contribution in [0.25, 0.3) is 6.08 Å². The van der Waals surface area contributed by atoms with E-state index in [1.54, 1.807) is 0 Å². The van der Waals surface area contributed by atoms with Crippen LogP contribution >= 0.6 is 11.6 Å². The van der Waals surface area contributed by atoms with E-state index in [1.165, 1.54) is 57.7 Å². The summed E-state index contributed by atoms with van der Waals surface area (Å²) in [5.74, 6) is -0.680. The summed E-state index contributed by atoms with van der Waals surface area (Å²) in [6.07, 6.45) is 2.13. The fourth-order valence-corrected chi connectivity index (χ4v) is 3.88. The van der Waals surface area contributed by atoms with Gasteiger partial charge in [0.25, 0.3) is 10.0 Å². The molecule has 2 N–H and O–H groups in total. The van der Waals surface area contributed by atoms with Crippen molar-refractivity contribution in [3.05, 3.63) is 47.0 Å². The maximum Gasteiger partial charge on any atom is 0.328 e. The predicted octanol–water partition coefficient (Wildman–Crippen LogP) is 3.26. The number of carboxylic acid groups (broad SMARTS) is 1. The zero-order chi connectivity index (χ0) is 20.9. The maximum absolute atomic E-state index is 12.9. The Kier molecular flexibility index (Phi) is 6.76. The molecule has 0 atom stereocenters. The SMILES string of the molecule is COc1ccc(NS(=O)(=O)c2cc(/C=C/C(=O)O)cc(OC)c2OC)cc1Cl. The first kappa shape index (κ1) is 21.4. The van der Waals surface area contributed by atoms with Gasteiger partial charge in [0.05, 0.1) is 32.0 Å². The number of hydrogen-bond acceptors (Lipinski definition) is 6. The Morgan fingerprint density at radius 1 is 1.07 bits per heavy atom. The van der Waals surface area contributed by atoms with Crippen molar-refractivity contribution in [3.8, 4) is 17.2 Å². The second kappa shape index (κ2) is 8.85. The number of carboxylic acids is 1. The molecule has 0 aliphatic heterocycles. The number of methoxy groups -OCH3 is 3. The molecule has 150 valence electrons. The summed E-state index contributed by atoms with van der Waals surface area (Å²) in [5.41, 5.74) is 0.506. The van der Waals surface area contributed by atoms with Crippen molar-refractivity contribution in [2.45, 2.75) is 4.90 Å². The van der Waals surface area contributed by atoms with Gasteiger partial charge in [0.15, 0.2) is 11.5 Å². The van der Waals surface area contributed by atoms with Gasteiger partial charge in [-0.1, -0.05) is 11.6 Å². The Hall–Kier alpha value is -2.91. The number of sulfonamides is 1. The molecule has 0 saturated carbocycles. The normalized spacial score (nSPS) is 11.3. The fourth-order valence-electron chi connectivity index (χ4n) is 2.35. The van der Waals surface area contributed by atoms with E-state index >= 15 is 0 Å². The summed E-state index contributed by atoms with van der Waals surface area (Å²) in [7, 11) is -0.0367. The lowest BCUT2D eigenvalue weighted by molar-refractivity contribution is -0.131. The molecule has 0 saturated heterocycles. The van der Waals surface area contributed by atoms with Gasteiger partial charge < -0.3 is 19.3 Å². The number of nitrogens with one attached hydrogen (secondary N) is 1. The molecule has 0 aliphatic rings. The van der Waals surface area contributed by atoms with Crippen molar-refractivity contribution in [2.24, 2.45) is 0 Å². The van der Waals surface area contributed by atoms with E-state index in [-0.39, 0.29) is 27.1 Å². The molecule has 2 rings (SSSR count). The van der Waals surface area contributed by atoms with Crippen molar-refractivity contribution < 1.29 is 32.5 Å². The van der Waals surface area contributed by atoms with Gasteiger partial charge in [-0.2, -0.15) is 0 Å². The zero-order valence-electron chi connectivity index (χ0n) is 15.2. The zero-order valence-corrected chi connectivity index (χ0v) is 16.8. The van der Waals surface area contributed by atoms with Gasteiger partial charge in [0.2, 0.25) is 0 Å². The maximum atomic E-state index is 12.9. The van der Waals surface area contributed by atoms with Crippen LogP contribution in [0.5, 0.6) is 17.2 Å². The quantitative estimate of drug-likeness (QED) is 0.622. The first-order valence-corrected chi connectivity index (χ1v) is 9.61. The van der Waals surface area contributed by atoms with Crippen LogP contribution in [0.15, 0.2) is 41.3 Å². The molecule has 0 fully saturated rings. The molecule has 0 heterocycles. The van der Waals surface area contributed by atoms with Gasteiger partial charge in [0, 0.05) is 6.08 Å². The van der Waals surface area contributed by atoms with Crippen molar-refractivity contribution in [1.82, 2.24) is 0 Å². The molecule has 0 bridgehead atoms. The molecular weight excluding hydrogens is 410 g/mol. The third-order valence-corrected chi connectivity index (χ3v) is 5.26. The smallest absolute Gasteiger partial charge is 0.328 e. The molecule has 10 heteroatoms. The van der Waals surface area contributed by atoms with Crippen molar-refractivity contribution in [3.63, 3.8) is 0 Å². The molecule has 2 aromatic carbocycles.